The van der Waals surface area contributed by atoms with Gasteiger partial charge in [-0.05, 0) is 18.9 Å². The van der Waals surface area contributed by atoms with Gasteiger partial charge in [-0.1, -0.05) is 29.9 Å². The average molecular weight is 177 g/mol. The second-order valence-corrected chi connectivity index (χ2v) is 3.27. The summed E-state index contributed by atoms with van der Waals surface area (Å²) in [6.45, 7) is 2.21. The number of Topliss-reactive ketones (excluding diaryl/α,β-unsaturated/α-hetero) is 1. The summed E-state index contributed by atoms with van der Waals surface area (Å²) in [5.41, 5.74) is 7.63. The highest BCUT2D eigenvalue weighted by Gasteiger charge is 2.02. The Morgan fingerprint density at radius 2 is 2.38 bits per heavy atom. The lowest BCUT2D eigenvalue weighted by Crippen LogP contribution is -2.13. The van der Waals surface area contributed by atoms with Crippen LogP contribution in [0.1, 0.15) is 19.8 Å². The fourth-order valence-corrected chi connectivity index (χ4v) is 1.20. The highest BCUT2D eigenvalue weighted by atomic mass is 16.1. The van der Waals surface area contributed by atoms with Crippen molar-refractivity contribution in [1.82, 2.24) is 0 Å². The zero-order valence-electron chi connectivity index (χ0n) is 7.92. The predicted molar refractivity (Wildman–Crippen MR) is 54.3 cm³/mol. The van der Waals surface area contributed by atoms with Crippen molar-refractivity contribution in [2.24, 2.45) is 5.73 Å². The van der Waals surface area contributed by atoms with Crippen molar-refractivity contribution in [1.29, 1.82) is 0 Å². The van der Waals surface area contributed by atoms with Gasteiger partial charge in [-0.15, -0.1) is 0 Å². The largest absolute Gasteiger partial charge is 0.324 e. The van der Waals surface area contributed by atoms with Crippen molar-refractivity contribution in [3.63, 3.8) is 0 Å². The van der Waals surface area contributed by atoms with E-state index >= 15 is 0 Å². The first-order valence-corrected chi connectivity index (χ1v) is 4.47. The van der Waals surface area contributed by atoms with Crippen LogP contribution in [0.4, 0.5) is 0 Å². The van der Waals surface area contributed by atoms with Crippen molar-refractivity contribution in [2.45, 2.75) is 19.8 Å². The summed E-state index contributed by atoms with van der Waals surface area (Å²) in [4.78, 5) is 11.1. The highest BCUT2D eigenvalue weighted by molar-refractivity contribution is 5.83. The fraction of sp³-hybridized carbons (Fsp3) is 0.364. The zero-order valence-corrected chi connectivity index (χ0v) is 7.92. The van der Waals surface area contributed by atoms with Crippen LogP contribution in [0.25, 0.3) is 0 Å². The Hall–Kier alpha value is -1.15. The molecule has 13 heavy (non-hydrogen) atoms. The van der Waals surface area contributed by atoms with E-state index in [1.54, 1.807) is 0 Å². The molecule has 0 bridgehead atoms. The molecule has 0 unspecified atom stereocenters. The van der Waals surface area contributed by atoms with Crippen molar-refractivity contribution in [2.75, 3.05) is 6.54 Å². The molecule has 2 nitrogen and oxygen atoms in total. The van der Waals surface area contributed by atoms with E-state index in [9.17, 15) is 4.79 Å². The van der Waals surface area contributed by atoms with E-state index in [-0.39, 0.29) is 12.3 Å². The fourth-order valence-electron chi connectivity index (χ4n) is 1.20. The third-order valence-corrected chi connectivity index (χ3v) is 2.01. The van der Waals surface area contributed by atoms with Gasteiger partial charge in [0.2, 0.25) is 0 Å². The number of ketones is 1. The monoisotopic (exact) mass is 177 g/mol. The third-order valence-electron chi connectivity index (χ3n) is 2.01. The predicted octanol–water partition coefficient (Wildman–Crippen LogP) is 1.74. The molecule has 70 valence electrons. The summed E-state index contributed by atoms with van der Waals surface area (Å²) in [6, 6.07) is 0. The summed E-state index contributed by atoms with van der Waals surface area (Å²) in [6.07, 6.45) is 9.51. The topological polar surface area (TPSA) is 43.1 Å². The van der Waals surface area contributed by atoms with Gasteiger partial charge in [-0.3, -0.25) is 4.79 Å². The van der Waals surface area contributed by atoms with Gasteiger partial charge in [0.1, 0.15) is 0 Å². The normalized spacial score (nSPS) is 16.2. The molecule has 0 radical (unpaired) electrons. The smallest absolute Gasteiger partial charge is 0.150 e. The van der Waals surface area contributed by atoms with Gasteiger partial charge in [0.05, 0.1) is 6.54 Å². The van der Waals surface area contributed by atoms with Gasteiger partial charge in [0.15, 0.2) is 5.78 Å². The Labute approximate surface area is 78.8 Å². The molecule has 0 aromatic heterocycles. The zero-order chi connectivity index (χ0) is 9.68. The molecule has 1 aliphatic carbocycles. The van der Waals surface area contributed by atoms with E-state index in [0.717, 1.165) is 12.0 Å². The number of allylic oxidation sites excluding steroid dienone is 6. The Balaban J connectivity index is 2.58. The summed E-state index contributed by atoms with van der Waals surface area (Å²) in [7, 11) is 0. The average Bonchev–Trinajstić information content (AvgIpc) is 2.31. The number of hydrogen-bond acceptors (Lipinski definition) is 2. The molecule has 0 saturated heterocycles. The Morgan fingerprint density at radius 1 is 1.62 bits per heavy atom. The van der Waals surface area contributed by atoms with Crippen LogP contribution in [0.2, 0.25) is 0 Å². The van der Waals surface area contributed by atoms with Crippen LogP contribution in [0.5, 0.6) is 0 Å². The van der Waals surface area contributed by atoms with E-state index in [1.165, 1.54) is 5.57 Å². The third kappa shape index (κ3) is 3.38. The highest BCUT2D eigenvalue weighted by Crippen LogP contribution is 2.13. The van der Waals surface area contributed by atoms with E-state index in [4.69, 9.17) is 5.73 Å². The van der Waals surface area contributed by atoms with E-state index < -0.39 is 0 Å². The van der Waals surface area contributed by atoms with Crippen molar-refractivity contribution in [3.05, 3.63) is 35.5 Å². The first-order chi connectivity index (χ1) is 6.22. The summed E-state index contributed by atoms with van der Waals surface area (Å²) in [5.74, 6) is 0.0930. The number of carbonyl (C=O) groups excluding carboxylic acids is 1. The van der Waals surface area contributed by atoms with E-state index in [2.05, 4.69) is 19.1 Å². The molecule has 0 amide bonds. The molecule has 0 atom stereocenters. The quantitative estimate of drug-likeness (QED) is 0.713. The van der Waals surface area contributed by atoms with Gasteiger partial charge in [0, 0.05) is 6.42 Å². The molecule has 2 heteroatoms. The Bertz CT molecular complexity index is 284. The van der Waals surface area contributed by atoms with Crippen LogP contribution >= 0.6 is 0 Å². The van der Waals surface area contributed by atoms with E-state index in [1.807, 2.05) is 12.2 Å². The summed E-state index contributed by atoms with van der Waals surface area (Å²) >= 11 is 0. The van der Waals surface area contributed by atoms with Crippen LogP contribution in [0.3, 0.4) is 0 Å². The van der Waals surface area contributed by atoms with Crippen LogP contribution < -0.4 is 5.73 Å². The molecule has 2 N–H and O–H groups in total. The van der Waals surface area contributed by atoms with Gasteiger partial charge < -0.3 is 5.73 Å². The van der Waals surface area contributed by atoms with Crippen molar-refractivity contribution >= 4 is 5.78 Å². The first-order valence-electron chi connectivity index (χ1n) is 4.47. The molecule has 0 heterocycles. The molecule has 1 rings (SSSR count). The van der Waals surface area contributed by atoms with Crippen molar-refractivity contribution < 1.29 is 4.79 Å². The second kappa shape index (κ2) is 4.77. The maximum atomic E-state index is 11.1. The molecule has 0 aromatic carbocycles. The van der Waals surface area contributed by atoms with Gasteiger partial charge in [-0.25, -0.2) is 0 Å². The minimum Gasteiger partial charge on any atom is -0.324 e. The summed E-state index contributed by atoms with van der Waals surface area (Å²) in [5, 5.41) is 0. The minimum atomic E-state index is 0.0930. The lowest BCUT2D eigenvalue weighted by Gasteiger charge is -1.98. The van der Waals surface area contributed by atoms with Crippen LogP contribution in [0, 0.1) is 0 Å². The standard InChI is InChI=1S/C11H15NO/c1-9-3-2-4-10(6-5-9)7-11(13)8-12/h2-4,6H,5,7-8,12H2,1H3. The lowest BCUT2D eigenvalue weighted by molar-refractivity contribution is -0.117. The summed E-state index contributed by atoms with van der Waals surface area (Å²) < 4.78 is 0. The number of rotatable bonds is 3. The Kier molecular flexibility index (Phi) is 3.65. The van der Waals surface area contributed by atoms with Gasteiger partial charge in [-0.2, -0.15) is 0 Å². The number of nitrogens with two attached hydrogens (primary N) is 1. The van der Waals surface area contributed by atoms with Crippen LogP contribution in [0.15, 0.2) is 35.5 Å². The number of hydrogen-bond donors (Lipinski definition) is 1. The molecule has 0 aromatic rings. The molecule has 1 aliphatic rings. The lowest BCUT2D eigenvalue weighted by atomic mass is 10.1. The van der Waals surface area contributed by atoms with Crippen molar-refractivity contribution in [3.8, 4) is 0 Å². The molecular weight excluding hydrogens is 162 g/mol. The van der Waals surface area contributed by atoms with Gasteiger partial charge >= 0.3 is 0 Å². The molecular formula is C11H15NO. The minimum absolute atomic E-state index is 0.0930. The molecule has 0 saturated carbocycles. The van der Waals surface area contributed by atoms with Gasteiger partial charge in [0.25, 0.3) is 0 Å². The van der Waals surface area contributed by atoms with Crippen LogP contribution in [-0.2, 0) is 4.79 Å². The maximum Gasteiger partial charge on any atom is 0.150 e. The molecule has 0 spiro atoms. The first kappa shape index (κ1) is 9.93. The van der Waals surface area contributed by atoms with E-state index in [0.29, 0.717) is 6.42 Å². The second-order valence-electron chi connectivity index (χ2n) is 3.27. The molecule has 0 fully saturated rings. The SMILES string of the molecule is CC1=CC=CC(CC(=O)CN)=CC1. The maximum absolute atomic E-state index is 11.1. The number of carbonyl (C=O) groups is 1. The van der Waals surface area contributed by atoms with Crippen LogP contribution in [-0.4, -0.2) is 12.3 Å². The molecule has 0 aliphatic heterocycles. The Morgan fingerprint density at radius 3 is 3.08 bits per heavy atom.